The number of ether oxygens (including phenoxy) is 2. The highest BCUT2D eigenvalue weighted by Gasteiger charge is 2.24. The number of halogens is 1. The van der Waals surface area contributed by atoms with Gasteiger partial charge in [-0.05, 0) is 36.4 Å². The fraction of sp³-hybridized carbons (Fsp3) is 0.160. The molecule has 7 nitrogen and oxygen atoms in total. The van der Waals surface area contributed by atoms with E-state index in [1.54, 1.807) is 42.5 Å². The van der Waals surface area contributed by atoms with Gasteiger partial charge in [-0.15, -0.1) is 11.3 Å². The van der Waals surface area contributed by atoms with Gasteiger partial charge in [0, 0.05) is 36.0 Å². The third-order valence-corrected chi connectivity index (χ3v) is 6.47. The molecule has 0 atom stereocenters. The van der Waals surface area contributed by atoms with Crippen molar-refractivity contribution in [3.8, 4) is 22.8 Å². The first-order valence-corrected chi connectivity index (χ1v) is 11.1. The Labute approximate surface area is 199 Å². The van der Waals surface area contributed by atoms with Gasteiger partial charge in [-0.2, -0.15) is 0 Å². The molecule has 0 bridgehead atoms. The van der Waals surface area contributed by atoms with Gasteiger partial charge in [0.05, 0.1) is 24.6 Å². The molecule has 2 aromatic heterocycles. The second-order valence-corrected chi connectivity index (χ2v) is 8.28. The number of hydrogen-bond acceptors (Lipinski definition) is 6. The Kier molecular flexibility index (Phi) is 6.47. The van der Waals surface area contributed by atoms with Crippen LogP contribution in [0.15, 0.2) is 60.0 Å². The van der Waals surface area contributed by atoms with Crippen LogP contribution in [0.3, 0.4) is 0 Å². The van der Waals surface area contributed by atoms with Crippen molar-refractivity contribution in [2.24, 2.45) is 0 Å². The molecule has 0 spiro atoms. The van der Waals surface area contributed by atoms with Gasteiger partial charge >= 0.3 is 0 Å². The zero-order valence-corrected chi connectivity index (χ0v) is 19.9. The largest absolute Gasteiger partial charge is 0.493 e. The van der Waals surface area contributed by atoms with Gasteiger partial charge in [-0.25, -0.2) is 14.4 Å². The number of carbonyl (C=O) groups is 2. The molecule has 0 saturated carbocycles. The number of methoxy groups -OCH3 is 2. The van der Waals surface area contributed by atoms with E-state index < -0.39 is 11.8 Å². The quantitative estimate of drug-likeness (QED) is 0.382. The molecule has 174 valence electrons. The van der Waals surface area contributed by atoms with E-state index in [0.717, 1.165) is 10.9 Å². The summed E-state index contributed by atoms with van der Waals surface area (Å²) in [7, 11) is 5.98. The number of rotatable bonds is 5. The zero-order valence-electron chi connectivity index (χ0n) is 19.0. The Morgan fingerprint density at radius 1 is 0.912 bits per heavy atom. The van der Waals surface area contributed by atoms with Crippen LogP contribution in [0.4, 0.5) is 4.39 Å². The highest BCUT2D eigenvalue weighted by Crippen LogP contribution is 2.34. The van der Waals surface area contributed by atoms with Gasteiger partial charge < -0.3 is 9.47 Å². The third kappa shape index (κ3) is 4.17. The van der Waals surface area contributed by atoms with E-state index in [1.807, 2.05) is 11.4 Å². The fourth-order valence-corrected chi connectivity index (χ4v) is 4.49. The van der Waals surface area contributed by atoms with Crippen molar-refractivity contribution in [2.75, 3.05) is 28.3 Å². The number of pyridine rings is 1. The maximum Gasteiger partial charge on any atom is 0.290 e. The van der Waals surface area contributed by atoms with Gasteiger partial charge in [-0.3, -0.25) is 14.6 Å². The summed E-state index contributed by atoms with van der Waals surface area (Å²) in [5.41, 5.74) is 1.77. The van der Waals surface area contributed by atoms with Crippen molar-refractivity contribution in [1.29, 1.82) is 0 Å². The summed E-state index contributed by atoms with van der Waals surface area (Å²) in [5.74, 6) is -0.273. The molecule has 0 fully saturated rings. The summed E-state index contributed by atoms with van der Waals surface area (Å²) in [4.78, 5) is 30.7. The fourth-order valence-electron chi connectivity index (χ4n) is 3.52. The second kappa shape index (κ2) is 9.48. The van der Waals surface area contributed by atoms with E-state index in [2.05, 4.69) is 4.98 Å². The number of amides is 2. The average Bonchev–Trinajstić information content (AvgIpc) is 3.32. The van der Waals surface area contributed by atoms with Crippen molar-refractivity contribution >= 4 is 33.2 Å². The smallest absolute Gasteiger partial charge is 0.290 e. The van der Waals surface area contributed by atoms with Crippen molar-refractivity contribution in [3.05, 3.63) is 77.1 Å². The predicted molar refractivity (Wildman–Crippen MR) is 129 cm³/mol. The maximum absolute atomic E-state index is 14.1. The minimum absolute atomic E-state index is 0.155. The predicted octanol–water partition coefficient (Wildman–Crippen LogP) is 4.88. The van der Waals surface area contributed by atoms with E-state index in [9.17, 15) is 14.0 Å². The Morgan fingerprint density at radius 3 is 2.35 bits per heavy atom. The Bertz CT molecular complexity index is 1390. The Balaban J connectivity index is 1.59. The van der Waals surface area contributed by atoms with Crippen molar-refractivity contribution in [2.45, 2.75) is 0 Å². The van der Waals surface area contributed by atoms with Crippen LogP contribution in [-0.2, 0) is 0 Å². The minimum Gasteiger partial charge on any atom is -0.493 e. The molecule has 2 heterocycles. The molecule has 0 radical (unpaired) electrons. The molecule has 0 unspecified atom stereocenters. The van der Waals surface area contributed by atoms with E-state index in [1.165, 1.54) is 55.7 Å². The van der Waals surface area contributed by atoms with E-state index >= 15 is 0 Å². The normalized spacial score (nSPS) is 10.7. The summed E-state index contributed by atoms with van der Waals surface area (Å²) in [6.45, 7) is 0. The summed E-state index contributed by atoms with van der Waals surface area (Å²) in [6, 6.07) is 14.7. The third-order valence-electron chi connectivity index (χ3n) is 5.46. The standard InChI is InChI=1S/C25H22FN3O4S/c1-28(24(30)15-11-12-21(32-3)22(13-15)33-4)29(2)25(31)20-10-6-9-19(27-20)17-14-34-23-16(17)7-5-8-18(23)26/h5-14H,1-4H3. The summed E-state index contributed by atoms with van der Waals surface area (Å²) < 4.78 is 25.1. The average molecular weight is 480 g/mol. The van der Waals surface area contributed by atoms with Crippen molar-refractivity contribution < 1.29 is 23.5 Å². The van der Waals surface area contributed by atoms with Crippen LogP contribution in [-0.4, -0.2) is 55.1 Å². The molecule has 0 aliphatic rings. The highest BCUT2D eigenvalue weighted by molar-refractivity contribution is 7.17. The molecule has 0 N–H and O–H groups in total. The van der Waals surface area contributed by atoms with Crippen LogP contribution < -0.4 is 9.47 Å². The van der Waals surface area contributed by atoms with Gasteiger partial charge in [-0.1, -0.05) is 18.2 Å². The van der Waals surface area contributed by atoms with Crippen LogP contribution in [0.25, 0.3) is 21.3 Å². The minimum atomic E-state index is -0.469. The number of benzene rings is 2. The number of thiophene rings is 1. The molecular weight excluding hydrogens is 457 g/mol. The van der Waals surface area contributed by atoms with Gasteiger partial charge in [0.15, 0.2) is 11.5 Å². The monoisotopic (exact) mass is 479 g/mol. The highest BCUT2D eigenvalue weighted by atomic mass is 32.1. The second-order valence-electron chi connectivity index (χ2n) is 7.40. The Morgan fingerprint density at radius 2 is 1.62 bits per heavy atom. The SMILES string of the molecule is COc1ccc(C(=O)N(C)N(C)C(=O)c2cccc(-c3csc4c(F)cccc34)n2)cc1OC. The molecule has 4 aromatic rings. The molecule has 0 aliphatic heterocycles. The first kappa shape index (κ1) is 23.2. The van der Waals surface area contributed by atoms with Crippen LogP contribution in [0.5, 0.6) is 11.5 Å². The number of nitrogens with zero attached hydrogens (tertiary/aromatic N) is 3. The molecule has 2 amide bonds. The lowest BCUT2D eigenvalue weighted by Gasteiger charge is -2.28. The number of aromatic nitrogens is 1. The molecular formula is C25H22FN3O4S. The lowest BCUT2D eigenvalue weighted by molar-refractivity contribution is 0.0182. The molecule has 2 aromatic carbocycles. The number of hydrazine groups is 1. The van der Waals surface area contributed by atoms with Crippen LogP contribution >= 0.6 is 11.3 Å². The van der Waals surface area contributed by atoms with Crippen LogP contribution in [0.2, 0.25) is 0 Å². The number of fused-ring (bicyclic) bond motifs is 1. The molecule has 9 heteroatoms. The van der Waals surface area contributed by atoms with Crippen LogP contribution in [0.1, 0.15) is 20.8 Å². The molecule has 0 aliphatic carbocycles. The molecule has 4 rings (SSSR count). The topological polar surface area (TPSA) is 72.0 Å². The van der Waals surface area contributed by atoms with E-state index in [4.69, 9.17) is 9.47 Å². The maximum atomic E-state index is 14.1. The first-order valence-electron chi connectivity index (χ1n) is 10.3. The number of carbonyl (C=O) groups excluding carboxylic acids is 2. The van der Waals surface area contributed by atoms with E-state index in [-0.39, 0.29) is 11.5 Å². The zero-order chi connectivity index (χ0) is 24.4. The Hall–Kier alpha value is -3.98. The number of hydrogen-bond donors (Lipinski definition) is 0. The lowest BCUT2D eigenvalue weighted by Crippen LogP contribution is -2.45. The van der Waals surface area contributed by atoms with Crippen molar-refractivity contribution in [1.82, 2.24) is 15.0 Å². The molecule has 34 heavy (non-hydrogen) atoms. The van der Waals surface area contributed by atoms with Gasteiger partial charge in [0.2, 0.25) is 0 Å². The van der Waals surface area contributed by atoms with E-state index in [0.29, 0.717) is 27.5 Å². The van der Waals surface area contributed by atoms with Gasteiger partial charge in [0.1, 0.15) is 11.5 Å². The summed E-state index contributed by atoms with van der Waals surface area (Å²) in [5, 5.41) is 4.95. The lowest BCUT2D eigenvalue weighted by atomic mass is 10.1. The first-order chi connectivity index (χ1) is 16.3. The summed E-state index contributed by atoms with van der Waals surface area (Å²) >= 11 is 1.29. The van der Waals surface area contributed by atoms with Crippen molar-refractivity contribution in [3.63, 3.8) is 0 Å². The van der Waals surface area contributed by atoms with Crippen LogP contribution in [0, 0.1) is 5.82 Å². The summed E-state index contributed by atoms with van der Waals surface area (Å²) in [6.07, 6.45) is 0. The molecule has 0 saturated heterocycles. The van der Waals surface area contributed by atoms with Gasteiger partial charge in [0.25, 0.3) is 11.8 Å².